The molecular formula is C38H73NO5S. The lowest BCUT2D eigenvalue weighted by molar-refractivity contribution is -0.122. The fourth-order valence-corrected chi connectivity index (χ4v) is 6.50. The number of nitrogens with one attached hydrogen (secondary N) is 1. The molecule has 0 radical (unpaired) electrons. The molecule has 0 aliphatic heterocycles. The molecule has 0 rings (SSSR count). The number of rotatable bonds is 34. The Morgan fingerprint density at radius 1 is 0.578 bits per heavy atom. The van der Waals surface area contributed by atoms with Gasteiger partial charge in [-0.2, -0.15) is 8.42 Å². The molecule has 0 heterocycles. The van der Waals surface area contributed by atoms with Crippen LogP contribution in [0.15, 0.2) is 24.3 Å². The highest BCUT2D eigenvalue weighted by atomic mass is 32.2. The van der Waals surface area contributed by atoms with E-state index in [1.165, 1.54) is 134 Å². The van der Waals surface area contributed by atoms with Gasteiger partial charge in [-0.05, 0) is 25.7 Å². The Bertz CT molecular complexity index is 811. The minimum atomic E-state index is -4.34. The van der Waals surface area contributed by atoms with Crippen LogP contribution in [0.2, 0.25) is 0 Å². The monoisotopic (exact) mass is 656 g/mol. The number of unbranched alkanes of at least 4 members (excludes halogenated alkanes) is 24. The molecule has 1 amide bonds. The summed E-state index contributed by atoms with van der Waals surface area (Å²) in [6.45, 7) is 4.40. The largest absolute Gasteiger partial charge is 0.387 e. The molecule has 0 aromatic carbocycles. The molecule has 0 aliphatic rings. The summed E-state index contributed by atoms with van der Waals surface area (Å²) in [5.41, 5.74) is 0. The van der Waals surface area contributed by atoms with E-state index in [2.05, 4.69) is 31.3 Å². The van der Waals surface area contributed by atoms with Crippen molar-refractivity contribution >= 4 is 16.0 Å². The summed E-state index contributed by atoms with van der Waals surface area (Å²) in [5.74, 6) is -0.998. The number of aliphatic hydroxyl groups is 1. The number of allylic oxidation sites excluding steroid dienone is 3. The van der Waals surface area contributed by atoms with Gasteiger partial charge in [0.25, 0.3) is 10.1 Å². The van der Waals surface area contributed by atoms with Crippen molar-refractivity contribution < 1.29 is 22.9 Å². The SMILES string of the molecule is CCC/C=C/CC/C=C/C(O)C(CS(=O)(=O)O)NC(=O)CCCCCCCCCCCCCCCCCCCCCCCCC. The van der Waals surface area contributed by atoms with Crippen LogP contribution in [-0.4, -0.2) is 41.9 Å². The van der Waals surface area contributed by atoms with Crippen LogP contribution in [0.3, 0.4) is 0 Å². The molecule has 2 atom stereocenters. The van der Waals surface area contributed by atoms with Crippen LogP contribution in [-0.2, 0) is 14.9 Å². The Kier molecular flexibility index (Phi) is 31.9. The number of aliphatic hydroxyl groups excluding tert-OH is 1. The van der Waals surface area contributed by atoms with Crippen molar-refractivity contribution in [2.75, 3.05) is 5.75 Å². The zero-order valence-corrected chi connectivity index (χ0v) is 30.3. The van der Waals surface area contributed by atoms with Crippen LogP contribution < -0.4 is 5.32 Å². The second kappa shape index (κ2) is 32.7. The fourth-order valence-electron chi connectivity index (χ4n) is 5.77. The lowest BCUT2D eigenvalue weighted by Gasteiger charge is -2.21. The Morgan fingerprint density at radius 2 is 0.956 bits per heavy atom. The summed E-state index contributed by atoms with van der Waals surface area (Å²) in [4.78, 5) is 12.4. The molecule has 0 spiro atoms. The van der Waals surface area contributed by atoms with Gasteiger partial charge in [-0.15, -0.1) is 0 Å². The first kappa shape index (κ1) is 43.8. The Balaban J connectivity index is 3.71. The Labute approximate surface area is 279 Å². The van der Waals surface area contributed by atoms with Crippen molar-refractivity contribution in [2.24, 2.45) is 0 Å². The third-order valence-corrected chi connectivity index (χ3v) is 9.39. The smallest absolute Gasteiger partial charge is 0.267 e. The summed E-state index contributed by atoms with van der Waals surface area (Å²) < 4.78 is 32.1. The van der Waals surface area contributed by atoms with E-state index in [0.717, 1.165) is 38.5 Å². The summed E-state index contributed by atoms with van der Waals surface area (Å²) in [5, 5.41) is 13.0. The molecule has 6 nitrogen and oxygen atoms in total. The van der Waals surface area contributed by atoms with Crippen LogP contribution in [0.25, 0.3) is 0 Å². The number of carbonyl (C=O) groups is 1. The molecule has 0 aromatic rings. The van der Waals surface area contributed by atoms with Gasteiger partial charge >= 0.3 is 0 Å². The lowest BCUT2D eigenvalue weighted by atomic mass is 10.0. The first-order valence-electron chi connectivity index (χ1n) is 19.0. The number of amides is 1. The van der Waals surface area contributed by atoms with Crippen molar-refractivity contribution in [1.82, 2.24) is 5.32 Å². The summed E-state index contributed by atoms with van der Waals surface area (Å²) >= 11 is 0. The van der Waals surface area contributed by atoms with E-state index in [4.69, 9.17) is 0 Å². The zero-order valence-electron chi connectivity index (χ0n) is 29.5. The van der Waals surface area contributed by atoms with Gasteiger partial charge in [-0.25, -0.2) is 0 Å². The maximum absolute atomic E-state index is 12.4. The van der Waals surface area contributed by atoms with E-state index in [1.807, 2.05) is 0 Å². The van der Waals surface area contributed by atoms with E-state index in [0.29, 0.717) is 12.8 Å². The molecule has 0 aliphatic carbocycles. The number of carbonyl (C=O) groups excluding carboxylic acids is 1. The average molecular weight is 656 g/mol. The van der Waals surface area contributed by atoms with Gasteiger partial charge in [0.05, 0.1) is 17.9 Å². The van der Waals surface area contributed by atoms with Gasteiger partial charge < -0.3 is 10.4 Å². The van der Waals surface area contributed by atoms with E-state index < -0.39 is 28.0 Å². The first-order valence-corrected chi connectivity index (χ1v) is 20.6. The molecule has 7 heteroatoms. The zero-order chi connectivity index (χ0) is 33.3. The average Bonchev–Trinajstić information content (AvgIpc) is 3.00. The molecule has 0 bridgehead atoms. The minimum absolute atomic E-state index is 0.290. The van der Waals surface area contributed by atoms with Gasteiger partial charge in [0.15, 0.2) is 0 Å². The molecule has 0 saturated heterocycles. The number of hydrogen-bond donors (Lipinski definition) is 3. The normalized spacial score (nSPS) is 13.6. The van der Waals surface area contributed by atoms with Crippen LogP contribution >= 0.6 is 0 Å². The predicted molar refractivity (Wildman–Crippen MR) is 193 cm³/mol. The maximum atomic E-state index is 12.4. The van der Waals surface area contributed by atoms with E-state index >= 15 is 0 Å². The highest BCUT2D eigenvalue weighted by Crippen LogP contribution is 2.16. The second-order valence-electron chi connectivity index (χ2n) is 13.2. The lowest BCUT2D eigenvalue weighted by Crippen LogP contribution is -2.46. The van der Waals surface area contributed by atoms with Crippen molar-refractivity contribution in [3.63, 3.8) is 0 Å². The van der Waals surface area contributed by atoms with Crippen LogP contribution in [0.4, 0.5) is 0 Å². The molecule has 0 aromatic heterocycles. The van der Waals surface area contributed by atoms with Crippen LogP contribution in [0.5, 0.6) is 0 Å². The molecule has 0 fully saturated rings. The Hall–Kier alpha value is -1.18. The third kappa shape index (κ3) is 34.0. The highest BCUT2D eigenvalue weighted by Gasteiger charge is 2.24. The fraction of sp³-hybridized carbons (Fsp3) is 0.868. The van der Waals surface area contributed by atoms with Crippen LogP contribution in [0.1, 0.15) is 194 Å². The van der Waals surface area contributed by atoms with Gasteiger partial charge in [-0.3, -0.25) is 9.35 Å². The molecular weight excluding hydrogens is 582 g/mol. The standard InChI is InChI=1S/C38H73NO5S/c1-3-5-7-9-11-12-13-14-15-16-17-18-19-20-21-22-23-24-25-26-28-30-32-34-38(41)39-36(35-45(42,43)44)37(40)33-31-29-27-10-8-6-4-2/h8,10,31,33,36-37,40H,3-7,9,11-30,32,34-35H2,1-2H3,(H,39,41)(H,42,43,44)/b10-8+,33-31+. The van der Waals surface area contributed by atoms with Gasteiger partial charge in [0.2, 0.25) is 5.91 Å². The van der Waals surface area contributed by atoms with Gasteiger partial charge in [0, 0.05) is 6.42 Å². The van der Waals surface area contributed by atoms with E-state index in [1.54, 1.807) is 6.08 Å². The quantitative estimate of drug-likeness (QED) is 0.0363. The van der Waals surface area contributed by atoms with Gasteiger partial charge in [-0.1, -0.05) is 186 Å². The third-order valence-electron chi connectivity index (χ3n) is 8.61. The molecule has 45 heavy (non-hydrogen) atoms. The molecule has 266 valence electrons. The van der Waals surface area contributed by atoms with Crippen molar-refractivity contribution in [2.45, 2.75) is 206 Å². The van der Waals surface area contributed by atoms with Crippen molar-refractivity contribution in [3.05, 3.63) is 24.3 Å². The maximum Gasteiger partial charge on any atom is 0.267 e. The summed E-state index contributed by atoms with van der Waals surface area (Å²) in [7, 11) is -4.34. The van der Waals surface area contributed by atoms with E-state index in [-0.39, 0.29) is 5.91 Å². The molecule has 3 N–H and O–H groups in total. The van der Waals surface area contributed by atoms with E-state index in [9.17, 15) is 22.9 Å². The summed E-state index contributed by atoms with van der Waals surface area (Å²) in [6, 6.07) is -1.07. The number of hydrogen-bond acceptors (Lipinski definition) is 4. The first-order chi connectivity index (χ1) is 21.8. The van der Waals surface area contributed by atoms with Crippen LogP contribution in [0, 0.1) is 0 Å². The molecule has 0 saturated carbocycles. The van der Waals surface area contributed by atoms with Crippen molar-refractivity contribution in [1.29, 1.82) is 0 Å². The minimum Gasteiger partial charge on any atom is -0.387 e. The predicted octanol–water partition coefficient (Wildman–Crippen LogP) is 10.8. The topological polar surface area (TPSA) is 104 Å². The van der Waals surface area contributed by atoms with Gasteiger partial charge in [0.1, 0.15) is 0 Å². The second-order valence-corrected chi connectivity index (χ2v) is 14.7. The Morgan fingerprint density at radius 3 is 1.36 bits per heavy atom. The highest BCUT2D eigenvalue weighted by molar-refractivity contribution is 7.85. The summed E-state index contributed by atoms with van der Waals surface area (Å²) in [6.07, 6.45) is 40.7. The van der Waals surface area contributed by atoms with Crippen molar-refractivity contribution in [3.8, 4) is 0 Å². The molecule has 2 unspecified atom stereocenters.